The lowest BCUT2D eigenvalue weighted by atomic mass is 10.0. The summed E-state index contributed by atoms with van der Waals surface area (Å²) >= 11 is 0. The zero-order chi connectivity index (χ0) is 13.5. The number of aryl methyl sites for hydroxylation is 1. The van der Waals surface area contributed by atoms with Crippen molar-refractivity contribution in [3.05, 3.63) is 34.9 Å². The van der Waals surface area contributed by atoms with Crippen LogP contribution in [0, 0.1) is 18.8 Å². The zero-order valence-electron chi connectivity index (χ0n) is 11.1. The standard InChI is InChI=1S/C15H19NO2/c1-11(2)16-15(18)14-8-7-12(3)10-13(14)6-4-5-9-17/h7-8,10-11,17H,5,9H2,1-3H3,(H,16,18). The van der Waals surface area contributed by atoms with E-state index in [1.807, 2.05) is 32.9 Å². The molecule has 0 aromatic heterocycles. The van der Waals surface area contributed by atoms with E-state index in [0.29, 0.717) is 17.5 Å². The van der Waals surface area contributed by atoms with Crippen LogP contribution in [0.1, 0.15) is 41.8 Å². The molecule has 0 aliphatic carbocycles. The number of amides is 1. The smallest absolute Gasteiger partial charge is 0.252 e. The maximum absolute atomic E-state index is 12.0. The average molecular weight is 245 g/mol. The van der Waals surface area contributed by atoms with E-state index in [9.17, 15) is 4.79 Å². The Morgan fingerprint density at radius 1 is 1.44 bits per heavy atom. The Labute approximate surface area is 108 Å². The minimum atomic E-state index is -0.113. The van der Waals surface area contributed by atoms with Gasteiger partial charge in [-0.05, 0) is 38.5 Å². The van der Waals surface area contributed by atoms with Crippen LogP contribution in [-0.2, 0) is 0 Å². The van der Waals surface area contributed by atoms with E-state index in [4.69, 9.17) is 5.11 Å². The van der Waals surface area contributed by atoms with E-state index in [0.717, 1.165) is 5.56 Å². The molecule has 18 heavy (non-hydrogen) atoms. The summed E-state index contributed by atoms with van der Waals surface area (Å²) in [5.41, 5.74) is 2.35. The van der Waals surface area contributed by atoms with E-state index in [2.05, 4.69) is 17.2 Å². The maximum Gasteiger partial charge on any atom is 0.252 e. The highest BCUT2D eigenvalue weighted by Gasteiger charge is 2.10. The van der Waals surface area contributed by atoms with E-state index in [-0.39, 0.29) is 18.6 Å². The van der Waals surface area contributed by atoms with Gasteiger partial charge in [-0.25, -0.2) is 0 Å². The molecule has 0 heterocycles. The van der Waals surface area contributed by atoms with Crippen LogP contribution in [0.2, 0.25) is 0 Å². The highest BCUT2D eigenvalue weighted by molar-refractivity contribution is 5.97. The molecule has 1 aromatic carbocycles. The largest absolute Gasteiger partial charge is 0.395 e. The van der Waals surface area contributed by atoms with Crippen molar-refractivity contribution in [2.24, 2.45) is 0 Å². The summed E-state index contributed by atoms with van der Waals surface area (Å²) in [4.78, 5) is 12.0. The summed E-state index contributed by atoms with van der Waals surface area (Å²) in [6, 6.07) is 5.67. The fourth-order valence-electron chi connectivity index (χ4n) is 1.51. The second-order valence-corrected chi connectivity index (χ2v) is 4.45. The second kappa shape index (κ2) is 6.83. The van der Waals surface area contributed by atoms with Crippen molar-refractivity contribution in [2.75, 3.05) is 6.61 Å². The van der Waals surface area contributed by atoms with Crippen molar-refractivity contribution < 1.29 is 9.90 Å². The summed E-state index contributed by atoms with van der Waals surface area (Å²) in [5.74, 6) is 5.67. The van der Waals surface area contributed by atoms with Crippen molar-refractivity contribution >= 4 is 5.91 Å². The van der Waals surface area contributed by atoms with Crippen LogP contribution in [0.3, 0.4) is 0 Å². The molecule has 0 fully saturated rings. The molecule has 3 nitrogen and oxygen atoms in total. The van der Waals surface area contributed by atoms with Crippen LogP contribution in [0.5, 0.6) is 0 Å². The topological polar surface area (TPSA) is 49.3 Å². The van der Waals surface area contributed by atoms with Gasteiger partial charge in [0.05, 0.1) is 12.2 Å². The lowest BCUT2D eigenvalue weighted by Gasteiger charge is -2.10. The second-order valence-electron chi connectivity index (χ2n) is 4.45. The van der Waals surface area contributed by atoms with Crippen molar-refractivity contribution in [3.8, 4) is 11.8 Å². The van der Waals surface area contributed by atoms with Crippen molar-refractivity contribution in [2.45, 2.75) is 33.2 Å². The highest BCUT2D eigenvalue weighted by Crippen LogP contribution is 2.11. The third-order valence-electron chi connectivity index (χ3n) is 2.30. The third kappa shape index (κ3) is 4.23. The normalized spacial score (nSPS) is 9.83. The average Bonchev–Trinajstić information content (AvgIpc) is 2.28. The minimum absolute atomic E-state index is 0.0341. The molecule has 3 heteroatoms. The predicted molar refractivity (Wildman–Crippen MR) is 72.4 cm³/mol. The molecule has 0 atom stereocenters. The molecule has 0 saturated carbocycles. The quantitative estimate of drug-likeness (QED) is 0.799. The molecule has 1 aromatic rings. The summed E-state index contributed by atoms with van der Waals surface area (Å²) in [7, 11) is 0. The van der Waals surface area contributed by atoms with Crippen LogP contribution in [0.4, 0.5) is 0 Å². The van der Waals surface area contributed by atoms with Gasteiger partial charge in [-0.2, -0.15) is 0 Å². The van der Waals surface area contributed by atoms with Gasteiger partial charge in [0.1, 0.15) is 0 Å². The fourth-order valence-corrected chi connectivity index (χ4v) is 1.51. The Morgan fingerprint density at radius 3 is 2.78 bits per heavy atom. The Balaban J connectivity index is 3.04. The van der Waals surface area contributed by atoms with E-state index in [1.165, 1.54) is 0 Å². The Bertz CT molecular complexity index is 481. The number of rotatable bonds is 3. The van der Waals surface area contributed by atoms with Gasteiger partial charge in [0.25, 0.3) is 5.91 Å². The number of aliphatic hydroxyl groups excluding tert-OH is 1. The molecule has 2 N–H and O–H groups in total. The van der Waals surface area contributed by atoms with Crippen LogP contribution < -0.4 is 5.32 Å². The van der Waals surface area contributed by atoms with Crippen molar-refractivity contribution in [1.82, 2.24) is 5.32 Å². The SMILES string of the molecule is Cc1ccc(C(=O)NC(C)C)c(C#CCCO)c1. The molecule has 0 aliphatic heterocycles. The van der Waals surface area contributed by atoms with Gasteiger partial charge in [0.15, 0.2) is 0 Å². The molecule has 1 amide bonds. The molecule has 0 aliphatic rings. The molecule has 0 bridgehead atoms. The molecular formula is C15H19NO2. The highest BCUT2D eigenvalue weighted by atomic mass is 16.2. The Hall–Kier alpha value is -1.79. The summed E-state index contributed by atoms with van der Waals surface area (Å²) in [6.45, 7) is 5.83. The Morgan fingerprint density at radius 2 is 2.17 bits per heavy atom. The monoisotopic (exact) mass is 245 g/mol. The van der Waals surface area contributed by atoms with Gasteiger partial charge in [-0.1, -0.05) is 17.9 Å². The lowest BCUT2D eigenvalue weighted by Crippen LogP contribution is -2.30. The van der Waals surface area contributed by atoms with Gasteiger partial charge in [-0.15, -0.1) is 0 Å². The third-order valence-corrected chi connectivity index (χ3v) is 2.30. The van der Waals surface area contributed by atoms with E-state index < -0.39 is 0 Å². The van der Waals surface area contributed by atoms with Crippen LogP contribution in [0.25, 0.3) is 0 Å². The summed E-state index contributed by atoms with van der Waals surface area (Å²) in [5, 5.41) is 11.6. The lowest BCUT2D eigenvalue weighted by molar-refractivity contribution is 0.0943. The molecule has 1 rings (SSSR count). The van der Waals surface area contributed by atoms with Gasteiger partial charge in [0, 0.05) is 18.0 Å². The van der Waals surface area contributed by atoms with Crippen LogP contribution in [-0.4, -0.2) is 23.7 Å². The van der Waals surface area contributed by atoms with Gasteiger partial charge < -0.3 is 10.4 Å². The number of carbonyl (C=O) groups is 1. The summed E-state index contributed by atoms with van der Waals surface area (Å²) < 4.78 is 0. The predicted octanol–water partition coefficient (Wildman–Crippen LogP) is 1.87. The van der Waals surface area contributed by atoms with Gasteiger partial charge in [0.2, 0.25) is 0 Å². The van der Waals surface area contributed by atoms with Gasteiger partial charge in [-0.3, -0.25) is 4.79 Å². The first-order valence-electron chi connectivity index (χ1n) is 6.06. The van der Waals surface area contributed by atoms with Crippen molar-refractivity contribution in [1.29, 1.82) is 0 Å². The minimum Gasteiger partial charge on any atom is -0.395 e. The molecule has 96 valence electrons. The number of aliphatic hydroxyl groups is 1. The Kier molecular flexibility index (Phi) is 5.41. The zero-order valence-corrected chi connectivity index (χ0v) is 11.1. The van der Waals surface area contributed by atoms with E-state index in [1.54, 1.807) is 6.07 Å². The molecule has 0 spiro atoms. The van der Waals surface area contributed by atoms with Gasteiger partial charge >= 0.3 is 0 Å². The summed E-state index contributed by atoms with van der Waals surface area (Å²) in [6.07, 6.45) is 0.416. The fraction of sp³-hybridized carbons (Fsp3) is 0.400. The van der Waals surface area contributed by atoms with E-state index >= 15 is 0 Å². The number of hydrogen-bond acceptors (Lipinski definition) is 2. The molecule has 0 saturated heterocycles. The molecule has 0 radical (unpaired) electrons. The van der Waals surface area contributed by atoms with Crippen LogP contribution in [0.15, 0.2) is 18.2 Å². The molecular weight excluding hydrogens is 226 g/mol. The first-order valence-corrected chi connectivity index (χ1v) is 6.06. The first kappa shape index (κ1) is 14.3. The van der Waals surface area contributed by atoms with Crippen LogP contribution >= 0.6 is 0 Å². The number of hydrogen-bond donors (Lipinski definition) is 2. The maximum atomic E-state index is 12.0. The molecule has 0 unspecified atom stereocenters. The number of carbonyl (C=O) groups excluding carboxylic acids is 1. The number of benzene rings is 1. The van der Waals surface area contributed by atoms with Crippen molar-refractivity contribution in [3.63, 3.8) is 0 Å². The number of nitrogens with one attached hydrogen (secondary N) is 1. The first-order chi connectivity index (χ1) is 8.54.